The van der Waals surface area contributed by atoms with Gasteiger partial charge in [0.1, 0.15) is 6.10 Å². The summed E-state index contributed by atoms with van der Waals surface area (Å²) in [7, 11) is -4.39. The van der Waals surface area contributed by atoms with Crippen molar-refractivity contribution >= 4 is 22.0 Å². The summed E-state index contributed by atoms with van der Waals surface area (Å²) in [5.74, 6) is -1.47. The normalized spacial score (nSPS) is 26.1. The Morgan fingerprint density at radius 3 is 2.54 bits per heavy atom. The lowest BCUT2D eigenvalue weighted by Gasteiger charge is -2.34. The van der Waals surface area contributed by atoms with Gasteiger partial charge in [-0.3, -0.25) is 23.9 Å². The van der Waals surface area contributed by atoms with Crippen LogP contribution in [0, 0.1) is 6.92 Å². The second-order valence-electron chi connectivity index (χ2n) is 8.61. The number of esters is 1. The summed E-state index contributed by atoms with van der Waals surface area (Å²) in [6.45, 7) is 3.51. The van der Waals surface area contributed by atoms with Gasteiger partial charge in [-0.05, 0) is 12.5 Å². The second-order valence-corrected chi connectivity index (χ2v) is 9.99. The largest absolute Gasteiger partial charge is 0.454 e. The zero-order chi connectivity index (χ0) is 27.0. The quantitative estimate of drug-likeness (QED) is 0.362. The van der Waals surface area contributed by atoms with Gasteiger partial charge in [0.05, 0.1) is 24.3 Å². The van der Waals surface area contributed by atoms with E-state index >= 15 is 0 Å². The van der Waals surface area contributed by atoms with Crippen LogP contribution in [0.15, 0.2) is 57.2 Å². The van der Waals surface area contributed by atoms with E-state index < -0.39 is 57.3 Å². The molecule has 0 saturated carbocycles. The van der Waals surface area contributed by atoms with Crippen molar-refractivity contribution in [2.45, 2.75) is 51.4 Å². The molecule has 1 aromatic heterocycles. The molecule has 2 aliphatic heterocycles. The lowest BCUT2D eigenvalue weighted by atomic mass is 9.88. The van der Waals surface area contributed by atoms with Crippen molar-refractivity contribution in [3.05, 3.63) is 79.6 Å². The minimum Gasteiger partial charge on any atom is -0.454 e. The number of benzene rings is 1. The predicted octanol–water partition coefficient (Wildman–Crippen LogP) is -0.0328. The Kier molecular flexibility index (Phi) is 7.19. The number of aromatic amines is 1. The average Bonchev–Trinajstić information content (AvgIpc) is 3.24. The maximum atomic E-state index is 12.7. The number of rotatable bonds is 7. The van der Waals surface area contributed by atoms with Gasteiger partial charge in [0.15, 0.2) is 17.9 Å². The van der Waals surface area contributed by atoms with E-state index in [1.807, 2.05) is 30.3 Å². The lowest BCUT2D eigenvalue weighted by molar-refractivity contribution is -0.158. The van der Waals surface area contributed by atoms with E-state index in [2.05, 4.69) is 10.3 Å². The van der Waals surface area contributed by atoms with Gasteiger partial charge in [0, 0.05) is 25.6 Å². The van der Waals surface area contributed by atoms with Crippen LogP contribution in [0.5, 0.6) is 0 Å². The van der Waals surface area contributed by atoms with Crippen molar-refractivity contribution in [3.8, 4) is 0 Å². The van der Waals surface area contributed by atoms with Crippen LogP contribution < -0.4 is 16.6 Å². The molecule has 14 heteroatoms. The minimum absolute atomic E-state index is 0.114. The number of hydrogen-bond donors (Lipinski definition) is 2. The number of carbonyl (C=O) groups excluding carboxylic acids is 2. The van der Waals surface area contributed by atoms with E-state index in [9.17, 15) is 27.6 Å². The Balaban J connectivity index is 1.82. The Morgan fingerprint density at radius 2 is 1.89 bits per heavy atom. The number of carbonyl (C=O) groups is 2. The van der Waals surface area contributed by atoms with Crippen molar-refractivity contribution in [1.29, 1.82) is 0 Å². The van der Waals surface area contributed by atoms with Crippen molar-refractivity contribution in [3.63, 3.8) is 0 Å². The van der Waals surface area contributed by atoms with Gasteiger partial charge in [-0.1, -0.05) is 30.3 Å². The van der Waals surface area contributed by atoms with Crippen LogP contribution in [-0.4, -0.2) is 54.3 Å². The monoisotopic (exact) mass is 535 g/mol. The third-order valence-electron chi connectivity index (χ3n) is 5.81. The van der Waals surface area contributed by atoms with E-state index in [4.69, 9.17) is 18.4 Å². The fourth-order valence-electron chi connectivity index (χ4n) is 4.31. The molecule has 2 aromatic rings. The van der Waals surface area contributed by atoms with E-state index in [1.165, 1.54) is 13.1 Å². The molecule has 3 heterocycles. The molecule has 1 fully saturated rings. The molecule has 0 bridgehead atoms. The van der Waals surface area contributed by atoms with Gasteiger partial charge in [-0.15, -0.1) is 0 Å². The number of amides is 1. The molecule has 1 saturated heterocycles. The SMILES string of the molecule is CC(=O)NC1=CS(=O)(=O)OC12C(COCc1ccccc1)O[C@@H](n1cc(C)c(=O)[nH]c1=O)[C@@H]2OC(C)=O. The van der Waals surface area contributed by atoms with Crippen LogP contribution in [0.4, 0.5) is 0 Å². The number of ether oxygens (including phenoxy) is 3. The van der Waals surface area contributed by atoms with Crippen molar-refractivity contribution in [1.82, 2.24) is 14.9 Å². The summed E-state index contributed by atoms with van der Waals surface area (Å²) in [6, 6.07) is 9.09. The molecule has 13 nitrogen and oxygen atoms in total. The molecule has 2 aliphatic rings. The first-order valence-corrected chi connectivity index (χ1v) is 12.6. The molecule has 198 valence electrons. The van der Waals surface area contributed by atoms with E-state index in [1.54, 1.807) is 0 Å². The van der Waals surface area contributed by atoms with Crippen molar-refractivity contribution in [2.24, 2.45) is 0 Å². The maximum absolute atomic E-state index is 12.7. The summed E-state index contributed by atoms with van der Waals surface area (Å²) in [4.78, 5) is 50.9. The first-order valence-electron chi connectivity index (χ1n) is 11.1. The summed E-state index contributed by atoms with van der Waals surface area (Å²) < 4.78 is 49.1. The standard InChI is InChI=1S/C23H25N3O10S/c1-13-9-26(22(30)25-20(13)29)21-19(34-15(3)28)23(17(24-14(2)27)12-37(31,32)36-23)18(35-21)11-33-10-16-7-5-4-6-8-16/h4-9,12,18-19,21H,10-11H2,1-3H3,(H,24,27)(H,25,29,30)/t18?,19-,21+,23?/m0/s1. The minimum atomic E-state index is -4.39. The molecule has 1 spiro atoms. The summed E-state index contributed by atoms with van der Waals surface area (Å²) >= 11 is 0. The molecular formula is C23H25N3O10S. The third-order valence-corrected chi connectivity index (χ3v) is 6.84. The van der Waals surface area contributed by atoms with Crippen LogP contribution in [0.1, 0.15) is 31.2 Å². The first kappa shape index (κ1) is 26.5. The Labute approximate surface area is 211 Å². The topological polar surface area (TPSA) is 172 Å². The Morgan fingerprint density at radius 1 is 1.19 bits per heavy atom. The molecule has 37 heavy (non-hydrogen) atoms. The molecule has 1 aromatic carbocycles. The van der Waals surface area contributed by atoms with Crippen LogP contribution in [-0.2, 0) is 44.7 Å². The highest BCUT2D eigenvalue weighted by Crippen LogP contribution is 2.49. The fraction of sp³-hybridized carbons (Fsp3) is 0.391. The molecule has 4 atom stereocenters. The van der Waals surface area contributed by atoms with Crippen molar-refractivity contribution < 1.29 is 36.4 Å². The van der Waals surface area contributed by atoms with Gasteiger partial charge in [0.25, 0.3) is 15.7 Å². The molecule has 2 N–H and O–H groups in total. The summed E-state index contributed by atoms with van der Waals surface area (Å²) in [5, 5.41) is 3.12. The van der Waals surface area contributed by atoms with Crippen LogP contribution in [0.3, 0.4) is 0 Å². The predicted molar refractivity (Wildman–Crippen MR) is 126 cm³/mol. The van der Waals surface area contributed by atoms with Gasteiger partial charge in [0.2, 0.25) is 5.91 Å². The highest BCUT2D eigenvalue weighted by atomic mass is 32.2. The van der Waals surface area contributed by atoms with E-state index in [-0.39, 0.29) is 24.5 Å². The molecule has 2 unspecified atom stereocenters. The van der Waals surface area contributed by atoms with E-state index in [0.717, 1.165) is 24.0 Å². The van der Waals surface area contributed by atoms with Gasteiger partial charge >= 0.3 is 11.7 Å². The van der Waals surface area contributed by atoms with E-state index in [0.29, 0.717) is 5.41 Å². The zero-order valence-electron chi connectivity index (χ0n) is 20.1. The fourth-order valence-corrected chi connectivity index (χ4v) is 5.57. The van der Waals surface area contributed by atoms with Gasteiger partial charge in [-0.2, -0.15) is 8.42 Å². The average molecular weight is 536 g/mol. The molecular weight excluding hydrogens is 510 g/mol. The van der Waals surface area contributed by atoms with Gasteiger partial charge in [-0.25, -0.2) is 8.98 Å². The van der Waals surface area contributed by atoms with Crippen LogP contribution >= 0.6 is 0 Å². The van der Waals surface area contributed by atoms with Crippen LogP contribution in [0.25, 0.3) is 0 Å². The molecule has 4 rings (SSSR count). The van der Waals surface area contributed by atoms with Crippen molar-refractivity contribution in [2.75, 3.05) is 6.61 Å². The smallest absolute Gasteiger partial charge is 0.330 e. The number of hydrogen-bond acceptors (Lipinski definition) is 10. The number of nitrogens with zero attached hydrogens (tertiary/aromatic N) is 1. The maximum Gasteiger partial charge on any atom is 0.330 e. The third kappa shape index (κ3) is 5.27. The number of aryl methyl sites for hydroxylation is 1. The summed E-state index contributed by atoms with van der Waals surface area (Å²) in [6.07, 6.45) is -3.15. The highest BCUT2D eigenvalue weighted by molar-refractivity contribution is 7.90. The zero-order valence-corrected chi connectivity index (χ0v) is 20.9. The Bertz CT molecular complexity index is 1460. The second kappa shape index (κ2) is 10.0. The lowest BCUT2D eigenvalue weighted by Crippen LogP contribution is -2.56. The molecule has 1 amide bonds. The highest BCUT2D eigenvalue weighted by Gasteiger charge is 2.67. The number of nitrogens with one attached hydrogen (secondary N) is 2. The van der Waals surface area contributed by atoms with Crippen LogP contribution in [0.2, 0.25) is 0 Å². The summed E-state index contributed by atoms with van der Waals surface area (Å²) in [5.41, 5.74) is -2.95. The number of H-pyrrole nitrogens is 1. The van der Waals surface area contributed by atoms with Gasteiger partial charge < -0.3 is 19.5 Å². The Hall–Kier alpha value is -3.59. The molecule has 0 radical (unpaired) electrons. The molecule has 0 aliphatic carbocycles. The first-order chi connectivity index (χ1) is 17.4. The number of aromatic nitrogens is 2.